The second kappa shape index (κ2) is 11.9. The van der Waals surface area contributed by atoms with E-state index in [1.54, 1.807) is 0 Å². The Morgan fingerprint density at radius 3 is 2.69 bits per heavy atom. The van der Waals surface area contributed by atoms with Crippen LogP contribution in [0.15, 0.2) is 60.8 Å². The predicted molar refractivity (Wildman–Crippen MR) is 155 cm³/mol. The van der Waals surface area contributed by atoms with Gasteiger partial charge in [0.25, 0.3) is 0 Å². The van der Waals surface area contributed by atoms with Crippen LogP contribution in [0.2, 0.25) is 5.02 Å². The lowest BCUT2D eigenvalue weighted by atomic mass is 9.84. The summed E-state index contributed by atoms with van der Waals surface area (Å²) in [7, 11) is 0. The second-order valence-corrected chi connectivity index (χ2v) is 11.9. The highest BCUT2D eigenvalue weighted by atomic mass is 35.5. The van der Waals surface area contributed by atoms with E-state index < -0.39 is 11.8 Å². The Bertz CT molecular complexity index is 1260. The summed E-state index contributed by atoms with van der Waals surface area (Å²) < 4.78 is 6.18. The highest BCUT2D eigenvalue weighted by Crippen LogP contribution is 2.41. The summed E-state index contributed by atoms with van der Waals surface area (Å²) in [6.45, 7) is 9.64. The summed E-state index contributed by atoms with van der Waals surface area (Å²) in [6.07, 6.45) is 4.36. The van der Waals surface area contributed by atoms with Crippen molar-refractivity contribution in [3.05, 3.63) is 93.8 Å². The summed E-state index contributed by atoms with van der Waals surface area (Å²) in [5, 5.41) is 22.0. The standard InChI is InChI=1S/C32H40ClN3O3/c1-22(37)36(19-23-8-11-25(33)12-9-23)26-14-17-35(20-26)16-5-7-27-28-6-4-15-34-30(28)21-39-31-13-10-24(18-29(27)31)32(2,3)38/h4,6,8-13,15,18,22,26-27,37-38H,5,7,14,16-17,19-21H2,1-3H3/t22?,26?,27-/m1/s1. The van der Waals surface area contributed by atoms with Crippen molar-refractivity contribution in [2.24, 2.45) is 0 Å². The van der Waals surface area contributed by atoms with E-state index in [0.29, 0.717) is 19.2 Å². The van der Waals surface area contributed by atoms with E-state index in [9.17, 15) is 10.2 Å². The Hall–Kier alpha value is -2.48. The van der Waals surface area contributed by atoms with Crippen LogP contribution in [0, 0.1) is 0 Å². The van der Waals surface area contributed by atoms with Crippen LogP contribution in [0.25, 0.3) is 0 Å². The molecule has 2 aliphatic rings. The number of benzene rings is 2. The van der Waals surface area contributed by atoms with Gasteiger partial charge in [-0.2, -0.15) is 0 Å². The Labute approximate surface area is 237 Å². The molecule has 0 radical (unpaired) electrons. The number of rotatable bonds is 9. The van der Waals surface area contributed by atoms with Crippen molar-refractivity contribution in [2.75, 3.05) is 19.6 Å². The molecule has 2 aromatic carbocycles. The largest absolute Gasteiger partial charge is 0.487 e. The molecule has 2 aliphatic heterocycles. The number of aliphatic hydroxyl groups is 2. The minimum atomic E-state index is -0.921. The van der Waals surface area contributed by atoms with Gasteiger partial charge in [-0.15, -0.1) is 0 Å². The van der Waals surface area contributed by atoms with Crippen LogP contribution in [0.3, 0.4) is 0 Å². The molecule has 3 atom stereocenters. The number of hydrogen-bond acceptors (Lipinski definition) is 6. The third-order valence-corrected chi connectivity index (χ3v) is 8.45. The molecule has 1 fully saturated rings. The third kappa shape index (κ3) is 6.64. The molecule has 1 saturated heterocycles. The molecule has 0 bridgehead atoms. The molecule has 0 saturated carbocycles. The van der Waals surface area contributed by atoms with E-state index in [2.05, 4.69) is 26.9 Å². The van der Waals surface area contributed by atoms with Gasteiger partial charge in [-0.1, -0.05) is 35.9 Å². The van der Waals surface area contributed by atoms with Crippen LogP contribution >= 0.6 is 11.6 Å². The smallest absolute Gasteiger partial charge is 0.131 e. The van der Waals surface area contributed by atoms with E-state index >= 15 is 0 Å². The maximum absolute atomic E-state index is 10.7. The molecular formula is C32H40ClN3O3. The zero-order valence-electron chi connectivity index (χ0n) is 23.2. The number of ether oxygens (including phenoxy) is 1. The van der Waals surface area contributed by atoms with Crippen molar-refractivity contribution in [1.29, 1.82) is 0 Å². The van der Waals surface area contributed by atoms with Crippen LogP contribution in [-0.2, 0) is 18.8 Å². The molecule has 1 aromatic heterocycles. The third-order valence-electron chi connectivity index (χ3n) is 8.20. The monoisotopic (exact) mass is 549 g/mol. The SMILES string of the molecule is CC(O)N(Cc1ccc(Cl)cc1)C1CCN(CCC[C@H]2c3cc(C(C)(C)O)ccc3OCc3ncccc32)C1. The van der Waals surface area contributed by atoms with Gasteiger partial charge in [0.1, 0.15) is 18.6 Å². The lowest BCUT2D eigenvalue weighted by molar-refractivity contribution is -0.0156. The second-order valence-electron chi connectivity index (χ2n) is 11.5. The Balaban J connectivity index is 1.26. The van der Waals surface area contributed by atoms with E-state index in [-0.39, 0.29) is 5.92 Å². The van der Waals surface area contributed by atoms with Crippen molar-refractivity contribution in [3.8, 4) is 5.75 Å². The van der Waals surface area contributed by atoms with Crippen molar-refractivity contribution in [2.45, 2.75) is 77.0 Å². The molecule has 3 heterocycles. The molecular weight excluding hydrogens is 510 g/mol. The first-order chi connectivity index (χ1) is 18.7. The maximum atomic E-state index is 10.7. The number of pyridine rings is 1. The maximum Gasteiger partial charge on any atom is 0.131 e. The number of fused-ring (bicyclic) bond motifs is 2. The van der Waals surface area contributed by atoms with Crippen LogP contribution in [-0.4, -0.2) is 56.9 Å². The topological polar surface area (TPSA) is 69.1 Å². The first kappa shape index (κ1) is 28.1. The van der Waals surface area contributed by atoms with Gasteiger partial charge in [-0.05, 0) is 100 Å². The lowest BCUT2D eigenvalue weighted by Gasteiger charge is -2.31. The van der Waals surface area contributed by atoms with Gasteiger partial charge >= 0.3 is 0 Å². The average Bonchev–Trinajstić information content (AvgIpc) is 3.31. The van der Waals surface area contributed by atoms with Gasteiger partial charge in [0.15, 0.2) is 0 Å². The molecule has 208 valence electrons. The van der Waals surface area contributed by atoms with Crippen molar-refractivity contribution in [1.82, 2.24) is 14.8 Å². The minimum absolute atomic E-state index is 0.158. The molecule has 0 aliphatic carbocycles. The molecule has 2 unspecified atom stereocenters. The number of aliphatic hydroxyl groups excluding tert-OH is 1. The van der Waals surface area contributed by atoms with Gasteiger partial charge in [0.05, 0.1) is 11.3 Å². The quantitative estimate of drug-likeness (QED) is 0.335. The van der Waals surface area contributed by atoms with Crippen LogP contribution < -0.4 is 4.74 Å². The fourth-order valence-corrected chi connectivity index (χ4v) is 6.14. The predicted octanol–water partition coefficient (Wildman–Crippen LogP) is 5.68. The first-order valence-electron chi connectivity index (χ1n) is 14.0. The van der Waals surface area contributed by atoms with Gasteiger partial charge in [0, 0.05) is 41.8 Å². The highest BCUT2D eigenvalue weighted by molar-refractivity contribution is 6.30. The van der Waals surface area contributed by atoms with Crippen molar-refractivity contribution >= 4 is 11.6 Å². The first-order valence-corrected chi connectivity index (χ1v) is 14.4. The fourth-order valence-electron chi connectivity index (χ4n) is 6.02. The molecule has 3 aromatic rings. The van der Waals surface area contributed by atoms with Crippen LogP contribution in [0.1, 0.15) is 73.9 Å². The summed E-state index contributed by atoms with van der Waals surface area (Å²) >= 11 is 6.06. The minimum Gasteiger partial charge on any atom is -0.487 e. The Morgan fingerprint density at radius 1 is 1.15 bits per heavy atom. The average molecular weight is 550 g/mol. The molecule has 0 amide bonds. The number of halogens is 1. The molecule has 39 heavy (non-hydrogen) atoms. The molecule has 0 spiro atoms. The van der Waals surface area contributed by atoms with Crippen molar-refractivity contribution < 1.29 is 14.9 Å². The zero-order chi connectivity index (χ0) is 27.6. The van der Waals surface area contributed by atoms with Crippen LogP contribution in [0.5, 0.6) is 5.75 Å². The number of nitrogens with zero attached hydrogens (tertiary/aromatic N) is 3. The highest BCUT2D eigenvalue weighted by Gasteiger charge is 2.31. The van der Waals surface area contributed by atoms with E-state index in [4.69, 9.17) is 16.3 Å². The number of hydrogen-bond donors (Lipinski definition) is 2. The summed E-state index contributed by atoms with van der Waals surface area (Å²) in [5.74, 6) is 1.03. The van der Waals surface area contributed by atoms with Crippen molar-refractivity contribution in [3.63, 3.8) is 0 Å². The zero-order valence-corrected chi connectivity index (χ0v) is 23.9. The van der Waals surface area contributed by atoms with E-state index in [0.717, 1.165) is 72.1 Å². The lowest BCUT2D eigenvalue weighted by Crippen LogP contribution is -2.42. The Morgan fingerprint density at radius 2 is 1.95 bits per heavy atom. The van der Waals surface area contributed by atoms with Gasteiger partial charge in [0.2, 0.25) is 0 Å². The molecule has 5 rings (SSSR count). The number of likely N-dealkylation sites (tertiary alicyclic amines) is 1. The van der Waals surface area contributed by atoms with Crippen LogP contribution in [0.4, 0.5) is 0 Å². The normalized spacial score (nSPS) is 20.3. The Kier molecular flexibility index (Phi) is 8.60. The van der Waals surface area contributed by atoms with E-state index in [1.165, 1.54) is 5.56 Å². The summed E-state index contributed by atoms with van der Waals surface area (Å²) in [6, 6.07) is 18.5. The van der Waals surface area contributed by atoms with Gasteiger partial charge < -0.3 is 19.8 Å². The fraction of sp³-hybridized carbons (Fsp3) is 0.469. The van der Waals surface area contributed by atoms with Gasteiger partial charge in [-0.25, -0.2) is 0 Å². The molecule has 7 heteroatoms. The van der Waals surface area contributed by atoms with E-state index in [1.807, 2.05) is 69.4 Å². The number of aromatic nitrogens is 1. The summed E-state index contributed by atoms with van der Waals surface area (Å²) in [5.41, 5.74) is 4.46. The van der Waals surface area contributed by atoms with Gasteiger partial charge in [-0.3, -0.25) is 9.88 Å². The summed E-state index contributed by atoms with van der Waals surface area (Å²) in [4.78, 5) is 9.35. The molecule has 6 nitrogen and oxygen atoms in total. The molecule has 2 N–H and O–H groups in total.